The van der Waals surface area contributed by atoms with Crippen molar-refractivity contribution in [1.29, 1.82) is 0 Å². The van der Waals surface area contributed by atoms with Crippen LogP contribution >= 0.6 is 0 Å². The Kier molecular flexibility index (Phi) is 4.14. The lowest BCUT2D eigenvalue weighted by Gasteiger charge is -2.27. The van der Waals surface area contributed by atoms with Gasteiger partial charge in [0.2, 0.25) is 0 Å². The molecule has 0 aromatic heterocycles. The molecule has 0 saturated heterocycles. The number of rotatable bonds is 3. The Morgan fingerprint density at radius 1 is 1.00 bits per heavy atom. The van der Waals surface area contributed by atoms with Crippen LogP contribution in [0, 0.1) is 11.6 Å². The Balaban J connectivity index is 2.16. The first-order valence-electron chi connectivity index (χ1n) is 7.22. The van der Waals surface area contributed by atoms with Crippen LogP contribution < -0.4 is 0 Å². The number of imide groups is 1. The van der Waals surface area contributed by atoms with Gasteiger partial charge in [0.15, 0.2) is 11.6 Å². The second-order valence-electron chi connectivity index (χ2n) is 5.37. The molecule has 0 unspecified atom stereocenters. The van der Waals surface area contributed by atoms with E-state index < -0.39 is 36.0 Å². The van der Waals surface area contributed by atoms with Gasteiger partial charge >= 0.3 is 5.97 Å². The third-order valence-corrected chi connectivity index (χ3v) is 3.72. The fraction of sp³-hybridized carbons (Fsp3) is 0.0556. The van der Waals surface area contributed by atoms with Crippen LogP contribution in [0.4, 0.5) is 8.78 Å². The zero-order chi connectivity index (χ0) is 18.1. The van der Waals surface area contributed by atoms with Crippen LogP contribution in [0.1, 0.15) is 21.5 Å². The molecule has 3 rings (SSSR count). The van der Waals surface area contributed by atoms with Crippen molar-refractivity contribution in [2.45, 2.75) is 0 Å². The summed E-state index contributed by atoms with van der Waals surface area (Å²) in [6.07, 6.45) is 1.30. The number of fused-ring (bicyclic) bond motifs is 1. The maximum Gasteiger partial charge on any atom is 0.323 e. The second kappa shape index (κ2) is 6.27. The number of halogens is 2. The van der Waals surface area contributed by atoms with Gasteiger partial charge in [0.05, 0.1) is 0 Å². The van der Waals surface area contributed by atoms with Crippen LogP contribution in [0.3, 0.4) is 0 Å². The number of nitrogens with zero attached hydrogens (tertiary/aromatic N) is 1. The number of carbonyl (C=O) groups excluding carboxylic acids is 2. The number of carboxylic acid groups (broad SMARTS) is 1. The number of hydrogen-bond donors (Lipinski definition) is 1. The van der Waals surface area contributed by atoms with Crippen molar-refractivity contribution < 1.29 is 28.3 Å². The summed E-state index contributed by atoms with van der Waals surface area (Å²) in [4.78, 5) is 36.5. The van der Waals surface area contributed by atoms with Crippen LogP contribution in [0.5, 0.6) is 0 Å². The summed E-state index contributed by atoms with van der Waals surface area (Å²) in [5.41, 5.74) is 0.713. The summed E-state index contributed by atoms with van der Waals surface area (Å²) in [7, 11) is 0. The predicted octanol–water partition coefficient (Wildman–Crippen LogP) is 2.57. The second-order valence-corrected chi connectivity index (χ2v) is 5.37. The molecule has 0 saturated carbocycles. The molecule has 25 heavy (non-hydrogen) atoms. The molecule has 0 fully saturated rings. The van der Waals surface area contributed by atoms with E-state index in [2.05, 4.69) is 0 Å². The SMILES string of the molecule is O=C(O)CN1C(=O)/C(=C\c2ccc(F)c(F)c2)c2ccccc2C1=O. The van der Waals surface area contributed by atoms with Gasteiger partial charge in [-0.05, 0) is 35.4 Å². The van der Waals surface area contributed by atoms with Crippen molar-refractivity contribution in [2.75, 3.05) is 6.54 Å². The molecule has 126 valence electrons. The largest absolute Gasteiger partial charge is 0.480 e. The predicted molar refractivity (Wildman–Crippen MR) is 84.4 cm³/mol. The number of carboxylic acids is 1. The van der Waals surface area contributed by atoms with Gasteiger partial charge in [0.25, 0.3) is 11.8 Å². The number of carbonyl (C=O) groups is 3. The van der Waals surface area contributed by atoms with Gasteiger partial charge in [0.1, 0.15) is 6.54 Å². The minimum absolute atomic E-state index is 0.0301. The highest BCUT2D eigenvalue weighted by molar-refractivity contribution is 6.34. The Morgan fingerprint density at radius 3 is 2.32 bits per heavy atom. The minimum atomic E-state index is -1.34. The topological polar surface area (TPSA) is 74.7 Å². The van der Waals surface area contributed by atoms with E-state index in [4.69, 9.17) is 5.11 Å². The molecule has 1 aliphatic heterocycles. The maximum absolute atomic E-state index is 13.4. The van der Waals surface area contributed by atoms with E-state index in [1.54, 1.807) is 12.1 Å². The normalized spacial score (nSPS) is 15.4. The van der Waals surface area contributed by atoms with Crippen LogP contribution in [-0.4, -0.2) is 34.3 Å². The highest BCUT2D eigenvalue weighted by Crippen LogP contribution is 2.30. The van der Waals surface area contributed by atoms with Gasteiger partial charge in [-0.3, -0.25) is 19.3 Å². The van der Waals surface area contributed by atoms with Crippen molar-refractivity contribution in [1.82, 2.24) is 4.90 Å². The molecule has 1 heterocycles. The van der Waals surface area contributed by atoms with Crippen LogP contribution in [0.15, 0.2) is 42.5 Å². The monoisotopic (exact) mass is 343 g/mol. The molecular formula is C18H11F2NO4. The first kappa shape index (κ1) is 16.5. The van der Waals surface area contributed by atoms with Crippen molar-refractivity contribution >= 4 is 29.4 Å². The standard InChI is InChI=1S/C18H11F2NO4/c19-14-6-5-10(8-15(14)20)7-13-11-3-1-2-4-12(11)17(24)21(18(13)25)9-16(22)23/h1-8H,9H2,(H,22,23)/b13-7-. The Bertz CT molecular complexity index is 936. The fourth-order valence-electron chi connectivity index (χ4n) is 2.59. The molecule has 1 N–H and O–H groups in total. The van der Waals surface area contributed by atoms with E-state index >= 15 is 0 Å². The van der Waals surface area contributed by atoms with Crippen molar-refractivity contribution in [2.24, 2.45) is 0 Å². The minimum Gasteiger partial charge on any atom is -0.480 e. The summed E-state index contributed by atoms with van der Waals surface area (Å²) < 4.78 is 26.5. The Labute approximate surface area is 140 Å². The van der Waals surface area contributed by atoms with E-state index in [1.807, 2.05) is 0 Å². The fourth-order valence-corrected chi connectivity index (χ4v) is 2.59. The molecule has 2 amide bonds. The van der Waals surface area contributed by atoms with Gasteiger partial charge in [0, 0.05) is 11.1 Å². The summed E-state index contributed by atoms with van der Waals surface area (Å²) in [6.45, 7) is -0.791. The zero-order valence-corrected chi connectivity index (χ0v) is 12.7. The van der Waals surface area contributed by atoms with Crippen LogP contribution in [0.2, 0.25) is 0 Å². The number of amides is 2. The van der Waals surface area contributed by atoms with Gasteiger partial charge in [-0.2, -0.15) is 0 Å². The van der Waals surface area contributed by atoms with E-state index in [1.165, 1.54) is 24.3 Å². The molecule has 2 aromatic rings. The van der Waals surface area contributed by atoms with E-state index in [9.17, 15) is 23.2 Å². The molecule has 0 spiro atoms. The van der Waals surface area contributed by atoms with Crippen molar-refractivity contribution in [3.63, 3.8) is 0 Å². The molecule has 0 radical (unpaired) electrons. The van der Waals surface area contributed by atoms with Gasteiger partial charge in [-0.25, -0.2) is 8.78 Å². The molecule has 1 aliphatic rings. The smallest absolute Gasteiger partial charge is 0.323 e. The first-order chi connectivity index (χ1) is 11.9. The van der Waals surface area contributed by atoms with Gasteiger partial charge in [-0.15, -0.1) is 0 Å². The average Bonchev–Trinajstić information content (AvgIpc) is 2.58. The molecule has 5 nitrogen and oxygen atoms in total. The molecule has 0 bridgehead atoms. The molecule has 0 aliphatic carbocycles. The van der Waals surface area contributed by atoms with E-state index in [0.29, 0.717) is 10.5 Å². The van der Waals surface area contributed by atoms with E-state index in [-0.39, 0.29) is 16.7 Å². The third kappa shape index (κ3) is 3.03. The summed E-state index contributed by atoms with van der Waals surface area (Å²) >= 11 is 0. The molecule has 0 atom stereocenters. The first-order valence-corrected chi connectivity index (χ1v) is 7.22. The lowest BCUT2D eigenvalue weighted by atomic mass is 9.92. The highest BCUT2D eigenvalue weighted by Gasteiger charge is 2.35. The van der Waals surface area contributed by atoms with Crippen molar-refractivity contribution in [3.05, 3.63) is 70.8 Å². The average molecular weight is 343 g/mol. The quantitative estimate of drug-likeness (QED) is 0.687. The van der Waals surface area contributed by atoms with Crippen LogP contribution in [0.25, 0.3) is 11.6 Å². The van der Waals surface area contributed by atoms with Crippen LogP contribution in [-0.2, 0) is 9.59 Å². The van der Waals surface area contributed by atoms with Gasteiger partial charge in [-0.1, -0.05) is 24.3 Å². The summed E-state index contributed by atoms with van der Waals surface area (Å²) in [5, 5.41) is 8.94. The maximum atomic E-state index is 13.4. The molecular weight excluding hydrogens is 332 g/mol. The number of benzene rings is 2. The van der Waals surface area contributed by atoms with Crippen molar-refractivity contribution in [3.8, 4) is 0 Å². The van der Waals surface area contributed by atoms with Gasteiger partial charge < -0.3 is 5.11 Å². The van der Waals surface area contributed by atoms with E-state index in [0.717, 1.165) is 12.1 Å². The summed E-state index contributed by atoms with van der Waals surface area (Å²) in [6, 6.07) is 9.32. The third-order valence-electron chi connectivity index (χ3n) is 3.72. The Morgan fingerprint density at radius 2 is 1.68 bits per heavy atom. The molecule has 7 heteroatoms. The number of aliphatic carboxylic acids is 1. The summed E-state index contributed by atoms with van der Waals surface area (Å²) in [5.74, 6) is -4.97. The molecule has 2 aromatic carbocycles. The lowest BCUT2D eigenvalue weighted by molar-refractivity contribution is -0.141. The Hall–Kier alpha value is -3.35. The lowest BCUT2D eigenvalue weighted by Crippen LogP contribution is -2.44. The zero-order valence-electron chi connectivity index (χ0n) is 12.7. The number of hydrogen-bond acceptors (Lipinski definition) is 3. The highest BCUT2D eigenvalue weighted by atomic mass is 19.2.